The van der Waals surface area contributed by atoms with Crippen molar-refractivity contribution in [3.05, 3.63) is 0 Å². The molecule has 3 heteroatoms. The van der Waals surface area contributed by atoms with E-state index < -0.39 is 0 Å². The van der Waals surface area contributed by atoms with Crippen LogP contribution in [0.3, 0.4) is 0 Å². The number of guanidine groups is 1. The summed E-state index contributed by atoms with van der Waals surface area (Å²) in [6, 6.07) is 0. The van der Waals surface area contributed by atoms with Gasteiger partial charge in [-0.1, -0.05) is 0 Å². The Labute approximate surface area is 50.2 Å². The van der Waals surface area contributed by atoms with Crippen LogP contribution in [0.1, 0.15) is 6.92 Å². The van der Waals surface area contributed by atoms with Gasteiger partial charge in [0.25, 0.3) is 0 Å². The molecule has 0 aliphatic heterocycles. The van der Waals surface area contributed by atoms with Crippen molar-refractivity contribution in [1.29, 1.82) is 0 Å². The van der Waals surface area contributed by atoms with Gasteiger partial charge in [-0.3, -0.25) is 4.99 Å². The van der Waals surface area contributed by atoms with Gasteiger partial charge in [0.2, 0.25) is 0 Å². The van der Waals surface area contributed by atoms with Crippen LogP contribution in [0, 0.1) is 0 Å². The maximum absolute atomic E-state index is 5.40. The van der Waals surface area contributed by atoms with Crippen LogP contribution in [0.5, 0.6) is 0 Å². The summed E-state index contributed by atoms with van der Waals surface area (Å²) in [5.74, 6) is 0.590. The third kappa shape index (κ3) is 1.82. The number of nitrogens with two attached hydrogens (primary N) is 1. The summed E-state index contributed by atoms with van der Waals surface area (Å²) in [5.41, 5.74) is 5.40. The van der Waals surface area contributed by atoms with E-state index in [1.165, 1.54) is 0 Å². The zero-order chi connectivity index (χ0) is 6.57. The van der Waals surface area contributed by atoms with Crippen molar-refractivity contribution in [2.45, 2.75) is 6.92 Å². The predicted octanol–water partition coefficient (Wildman–Crippen LogP) is -0.117. The highest BCUT2D eigenvalue weighted by Crippen LogP contribution is 1.76. The van der Waals surface area contributed by atoms with Crippen LogP contribution in [-0.2, 0) is 0 Å². The molecule has 0 aliphatic rings. The first-order chi connectivity index (χ1) is 3.72. The summed E-state index contributed by atoms with van der Waals surface area (Å²) in [7, 11) is 3.59. The predicted molar refractivity (Wildman–Crippen MR) is 35.9 cm³/mol. The molecule has 0 saturated heterocycles. The van der Waals surface area contributed by atoms with Gasteiger partial charge in [0.15, 0.2) is 5.96 Å². The van der Waals surface area contributed by atoms with Gasteiger partial charge in [0.05, 0.1) is 0 Å². The van der Waals surface area contributed by atoms with Crippen molar-refractivity contribution >= 4 is 5.96 Å². The lowest BCUT2D eigenvalue weighted by Gasteiger charge is -2.13. The molecule has 8 heavy (non-hydrogen) atoms. The summed E-state index contributed by atoms with van der Waals surface area (Å²) in [4.78, 5) is 5.65. The van der Waals surface area contributed by atoms with Crippen LogP contribution in [0.4, 0.5) is 0 Å². The molecule has 0 unspecified atom stereocenters. The zero-order valence-electron chi connectivity index (χ0n) is 5.68. The van der Waals surface area contributed by atoms with Gasteiger partial charge >= 0.3 is 0 Å². The number of aliphatic imine (C=N–C) groups is 1. The molecular weight excluding hydrogens is 102 g/mol. The summed E-state index contributed by atoms with van der Waals surface area (Å²) >= 11 is 0. The van der Waals surface area contributed by atoms with Crippen LogP contribution < -0.4 is 5.73 Å². The Morgan fingerprint density at radius 3 is 2.38 bits per heavy atom. The molecule has 0 saturated carbocycles. The Morgan fingerprint density at radius 2 is 2.25 bits per heavy atom. The van der Waals surface area contributed by atoms with E-state index in [9.17, 15) is 0 Å². The topological polar surface area (TPSA) is 41.6 Å². The fourth-order valence-corrected chi connectivity index (χ4v) is 0.333. The van der Waals surface area contributed by atoms with Crippen molar-refractivity contribution in [2.75, 3.05) is 20.6 Å². The normalized spacial score (nSPS) is 11.6. The Balaban J connectivity index is 3.63. The van der Waals surface area contributed by atoms with E-state index >= 15 is 0 Å². The lowest BCUT2D eigenvalue weighted by atomic mass is 10.6. The van der Waals surface area contributed by atoms with E-state index in [2.05, 4.69) is 4.99 Å². The molecule has 0 rings (SSSR count). The molecule has 2 N–H and O–H groups in total. The van der Waals surface area contributed by atoms with Crippen LogP contribution in [0.25, 0.3) is 0 Å². The van der Waals surface area contributed by atoms with Gasteiger partial charge in [0, 0.05) is 20.6 Å². The number of hydrogen-bond donors (Lipinski definition) is 1. The standard InChI is InChI=1S/C5H13N3/c1-4-8(3)5(6)7-2/h4H2,1-3H3,(H2,6,7). The molecule has 0 bridgehead atoms. The Hall–Kier alpha value is -0.730. The lowest BCUT2D eigenvalue weighted by molar-refractivity contribution is 0.528. The Bertz CT molecular complexity index is 87.7. The molecule has 48 valence electrons. The second-order valence-electron chi connectivity index (χ2n) is 1.60. The molecular formula is C5H13N3. The fourth-order valence-electron chi connectivity index (χ4n) is 0.333. The van der Waals surface area contributed by atoms with E-state index in [4.69, 9.17) is 5.73 Å². The molecule has 0 heterocycles. The van der Waals surface area contributed by atoms with Crippen molar-refractivity contribution in [3.8, 4) is 0 Å². The van der Waals surface area contributed by atoms with E-state index in [1.54, 1.807) is 7.05 Å². The third-order valence-electron chi connectivity index (χ3n) is 1.09. The first-order valence-corrected chi connectivity index (χ1v) is 2.65. The van der Waals surface area contributed by atoms with E-state index in [1.807, 2.05) is 18.9 Å². The summed E-state index contributed by atoms with van der Waals surface area (Å²) < 4.78 is 0. The molecule has 0 aromatic heterocycles. The van der Waals surface area contributed by atoms with Gasteiger partial charge in [0.1, 0.15) is 0 Å². The van der Waals surface area contributed by atoms with Crippen molar-refractivity contribution < 1.29 is 0 Å². The molecule has 0 fully saturated rings. The monoisotopic (exact) mass is 115 g/mol. The largest absolute Gasteiger partial charge is 0.370 e. The summed E-state index contributed by atoms with van der Waals surface area (Å²) in [6.07, 6.45) is 0. The number of rotatable bonds is 1. The maximum Gasteiger partial charge on any atom is 0.190 e. The summed E-state index contributed by atoms with van der Waals surface area (Å²) in [5, 5.41) is 0. The minimum atomic E-state index is 0.590. The summed E-state index contributed by atoms with van der Waals surface area (Å²) in [6.45, 7) is 2.93. The highest BCUT2D eigenvalue weighted by Gasteiger charge is 1.92. The molecule has 0 aromatic carbocycles. The first-order valence-electron chi connectivity index (χ1n) is 2.65. The molecule has 0 amide bonds. The van der Waals surface area contributed by atoms with Crippen LogP contribution in [0.2, 0.25) is 0 Å². The Kier molecular flexibility index (Phi) is 2.99. The Morgan fingerprint density at radius 1 is 1.75 bits per heavy atom. The van der Waals surface area contributed by atoms with Gasteiger partial charge in [-0.15, -0.1) is 0 Å². The van der Waals surface area contributed by atoms with Crippen molar-refractivity contribution in [1.82, 2.24) is 4.90 Å². The molecule has 3 nitrogen and oxygen atoms in total. The van der Waals surface area contributed by atoms with Gasteiger partial charge in [-0.05, 0) is 6.92 Å². The number of nitrogens with zero attached hydrogens (tertiary/aromatic N) is 2. The average molecular weight is 115 g/mol. The first kappa shape index (κ1) is 7.27. The minimum Gasteiger partial charge on any atom is -0.370 e. The quantitative estimate of drug-likeness (QED) is 0.382. The lowest BCUT2D eigenvalue weighted by Crippen LogP contribution is -2.33. The van der Waals surface area contributed by atoms with E-state index in [-0.39, 0.29) is 0 Å². The van der Waals surface area contributed by atoms with E-state index in [0.29, 0.717) is 5.96 Å². The number of hydrogen-bond acceptors (Lipinski definition) is 1. The third-order valence-corrected chi connectivity index (χ3v) is 1.09. The van der Waals surface area contributed by atoms with Gasteiger partial charge < -0.3 is 10.6 Å². The molecule has 0 aliphatic carbocycles. The maximum atomic E-state index is 5.40. The average Bonchev–Trinajstić information content (AvgIpc) is 1.84. The zero-order valence-corrected chi connectivity index (χ0v) is 5.68. The molecule has 0 atom stereocenters. The van der Waals surface area contributed by atoms with E-state index in [0.717, 1.165) is 6.54 Å². The highest BCUT2D eigenvalue weighted by molar-refractivity contribution is 5.77. The van der Waals surface area contributed by atoms with Crippen molar-refractivity contribution in [3.63, 3.8) is 0 Å². The SMILES string of the molecule is CCN(C)C(N)=NC. The van der Waals surface area contributed by atoms with Gasteiger partial charge in [-0.25, -0.2) is 0 Å². The van der Waals surface area contributed by atoms with Crippen LogP contribution in [0.15, 0.2) is 4.99 Å². The highest BCUT2D eigenvalue weighted by atomic mass is 15.2. The molecule has 0 aromatic rings. The van der Waals surface area contributed by atoms with Crippen LogP contribution in [-0.4, -0.2) is 31.5 Å². The fraction of sp³-hybridized carbons (Fsp3) is 0.800. The van der Waals surface area contributed by atoms with Crippen molar-refractivity contribution in [2.24, 2.45) is 10.7 Å². The second kappa shape index (κ2) is 3.29. The smallest absolute Gasteiger partial charge is 0.190 e. The van der Waals surface area contributed by atoms with Gasteiger partial charge in [-0.2, -0.15) is 0 Å². The van der Waals surface area contributed by atoms with Crippen LogP contribution >= 0.6 is 0 Å². The molecule has 0 spiro atoms. The minimum absolute atomic E-state index is 0.590. The molecule has 0 radical (unpaired) electrons. The second-order valence-corrected chi connectivity index (χ2v) is 1.60.